The van der Waals surface area contributed by atoms with Crippen molar-refractivity contribution in [2.24, 2.45) is 0 Å². The first-order valence-electron chi connectivity index (χ1n) is 7.28. The molecule has 0 atom stereocenters. The summed E-state index contributed by atoms with van der Waals surface area (Å²) in [7, 11) is 0. The lowest BCUT2D eigenvalue weighted by Crippen LogP contribution is -2.24. The van der Waals surface area contributed by atoms with Gasteiger partial charge in [-0.1, -0.05) is 25.1 Å². The number of nitrogens with zero attached hydrogens (tertiary/aromatic N) is 1. The third-order valence-electron chi connectivity index (χ3n) is 3.33. The van der Waals surface area contributed by atoms with E-state index in [1.54, 1.807) is 0 Å². The fourth-order valence-corrected chi connectivity index (χ4v) is 2.62. The summed E-state index contributed by atoms with van der Waals surface area (Å²) in [6.45, 7) is 5.32. The van der Waals surface area contributed by atoms with E-state index >= 15 is 0 Å². The summed E-state index contributed by atoms with van der Waals surface area (Å²) in [6, 6.07) is 11.7. The van der Waals surface area contributed by atoms with Crippen molar-refractivity contribution in [2.75, 3.05) is 6.61 Å². The fraction of sp³-hybridized carbons (Fsp3) is 0.353. The van der Waals surface area contributed by atoms with Gasteiger partial charge in [-0.25, -0.2) is 0 Å². The van der Waals surface area contributed by atoms with Crippen LogP contribution in [-0.4, -0.2) is 11.2 Å². The molecule has 0 aliphatic carbocycles. The summed E-state index contributed by atoms with van der Waals surface area (Å²) in [6.07, 6.45) is 0.903. The van der Waals surface area contributed by atoms with Crippen LogP contribution in [0.3, 0.4) is 0 Å². The highest BCUT2D eigenvalue weighted by Gasteiger charge is 2.12. The second-order valence-electron chi connectivity index (χ2n) is 4.79. The Morgan fingerprint density at radius 3 is 2.57 bits per heavy atom. The highest BCUT2D eigenvalue weighted by atomic mass is 32.1. The van der Waals surface area contributed by atoms with E-state index < -0.39 is 0 Å². The quantitative estimate of drug-likeness (QED) is 0.824. The molecule has 0 N–H and O–H groups in total. The largest absolute Gasteiger partial charge is 0.493 e. The predicted octanol–water partition coefficient (Wildman–Crippen LogP) is 3.75. The number of para-hydroxylation sites is 1. The standard InChI is InChI=1S/C17H21NO2S/c1-3-11-18-15(10-9-13(12-21)17(18)19)14-7-5-6-8-16(14)20-4-2/h5-10,21H,3-4,11-12H2,1-2H3. The van der Waals surface area contributed by atoms with Gasteiger partial charge < -0.3 is 9.30 Å². The van der Waals surface area contributed by atoms with Crippen molar-refractivity contribution in [3.05, 3.63) is 52.3 Å². The topological polar surface area (TPSA) is 31.2 Å². The molecule has 1 aromatic carbocycles. The number of rotatable bonds is 6. The first kappa shape index (κ1) is 15.7. The minimum Gasteiger partial charge on any atom is -0.493 e. The van der Waals surface area contributed by atoms with Gasteiger partial charge in [0.25, 0.3) is 5.56 Å². The van der Waals surface area contributed by atoms with Crippen molar-refractivity contribution in [3.8, 4) is 17.0 Å². The molecule has 0 amide bonds. The number of ether oxygens (including phenoxy) is 1. The number of pyridine rings is 1. The van der Waals surface area contributed by atoms with Crippen LogP contribution < -0.4 is 10.3 Å². The molecular formula is C17H21NO2S. The smallest absolute Gasteiger partial charge is 0.255 e. The lowest BCUT2D eigenvalue weighted by molar-refractivity contribution is 0.341. The molecule has 0 saturated carbocycles. The SMILES string of the molecule is CCCn1c(-c2ccccc2OCC)ccc(CS)c1=O. The van der Waals surface area contributed by atoms with Gasteiger partial charge in [-0.2, -0.15) is 12.6 Å². The lowest BCUT2D eigenvalue weighted by atomic mass is 10.1. The molecule has 0 aliphatic rings. The van der Waals surface area contributed by atoms with Crippen molar-refractivity contribution in [1.29, 1.82) is 0 Å². The molecule has 0 spiro atoms. The average Bonchev–Trinajstić information content (AvgIpc) is 2.50. The first-order chi connectivity index (χ1) is 10.2. The summed E-state index contributed by atoms with van der Waals surface area (Å²) in [5, 5.41) is 0. The van der Waals surface area contributed by atoms with E-state index in [1.165, 1.54) is 0 Å². The molecule has 4 heteroatoms. The molecule has 2 aromatic rings. The summed E-state index contributed by atoms with van der Waals surface area (Å²) in [5.74, 6) is 1.26. The maximum atomic E-state index is 12.5. The van der Waals surface area contributed by atoms with Crippen LogP contribution in [0.25, 0.3) is 11.3 Å². The highest BCUT2D eigenvalue weighted by Crippen LogP contribution is 2.29. The number of aromatic nitrogens is 1. The summed E-state index contributed by atoms with van der Waals surface area (Å²) in [5.41, 5.74) is 2.62. The molecule has 112 valence electrons. The van der Waals surface area contributed by atoms with Gasteiger partial charge in [-0.3, -0.25) is 4.79 Å². The minimum atomic E-state index is 0.0376. The third-order valence-corrected chi connectivity index (χ3v) is 3.67. The number of thiol groups is 1. The van der Waals surface area contributed by atoms with E-state index in [9.17, 15) is 4.79 Å². The Labute approximate surface area is 131 Å². The van der Waals surface area contributed by atoms with Gasteiger partial charge in [0.2, 0.25) is 0 Å². The van der Waals surface area contributed by atoms with E-state index in [0.29, 0.717) is 18.9 Å². The normalized spacial score (nSPS) is 10.6. The van der Waals surface area contributed by atoms with E-state index in [4.69, 9.17) is 4.74 Å². The van der Waals surface area contributed by atoms with Crippen molar-refractivity contribution >= 4 is 12.6 Å². The van der Waals surface area contributed by atoms with E-state index in [1.807, 2.05) is 47.9 Å². The Morgan fingerprint density at radius 2 is 1.90 bits per heavy atom. The van der Waals surface area contributed by atoms with Gasteiger partial charge >= 0.3 is 0 Å². The summed E-state index contributed by atoms with van der Waals surface area (Å²) < 4.78 is 7.51. The lowest BCUT2D eigenvalue weighted by Gasteiger charge is -2.16. The zero-order valence-electron chi connectivity index (χ0n) is 12.5. The van der Waals surface area contributed by atoms with Crippen LogP contribution >= 0.6 is 12.6 Å². The van der Waals surface area contributed by atoms with Crippen LogP contribution in [0.5, 0.6) is 5.75 Å². The molecule has 3 nitrogen and oxygen atoms in total. The molecule has 0 saturated heterocycles. The molecule has 0 fully saturated rings. The predicted molar refractivity (Wildman–Crippen MR) is 90.3 cm³/mol. The zero-order valence-corrected chi connectivity index (χ0v) is 13.4. The molecule has 1 aromatic heterocycles. The Morgan fingerprint density at radius 1 is 1.14 bits per heavy atom. The first-order valence-corrected chi connectivity index (χ1v) is 7.91. The van der Waals surface area contributed by atoms with Gasteiger partial charge in [0.05, 0.1) is 12.3 Å². The van der Waals surface area contributed by atoms with Crippen LogP contribution in [-0.2, 0) is 12.3 Å². The van der Waals surface area contributed by atoms with Gasteiger partial charge in [-0.15, -0.1) is 0 Å². The van der Waals surface area contributed by atoms with Gasteiger partial charge in [-0.05, 0) is 31.5 Å². The Hall–Kier alpha value is -1.68. The Bertz CT molecular complexity index is 664. The van der Waals surface area contributed by atoms with E-state index in [2.05, 4.69) is 19.6 Å². The minimum absolute atomic E-state index is 0.0376. The van der Waals surface area contributed by atoms with Gasteiger partial charge in [0.15, 0.2) is 0 Å². The maximum absolute atomic E-state index is 12.5. The number of hydrogen-bond donors (Lipinski definition) is 1. The van der Waals surface area contributed by atoms with Crippen LogP contribution in [0.1, 0.15) is 25.8 Å². The number of hydrogen-bond acceptors (Lipinski definition) is 3. The monoisotopic (exact) mass is 303 g/mol. The molecule has 21 heavy (non-hydrogen) atoms. The molecule has 0 radical (unpaired) electrons. The highest BCUT2D eigenvalue weighted by molar-refractivity contribution is 7.79. The van der Waals surface area contributed by atoms with Crippen molar-refractivity contribution in [1.82, 2.24) is 4.57 Å². The Kier molecular flexibility index (Phi) is 5.51. The second-order valence-corrected chi connectivity index (χ2v) is 5.10. The number of benzene rings is 1. The molecule has 0 bridgehead atoms. The molecule has 0 aliphatic heterocycles. The summed E-state index contributed by atoms with van der Waals surface area (Å²) in [4.78, 5) is 12.5. The maximum Gasteiger partial charge on any atom is 0.255 e. The van der Waals surface area contributed by atoms with Crippen LogP contribution in [0, 0.1) is 0 Å². The summed E-state index contributed by atoms with van der Waals surface area (Å²) >= 11 is 4.23. The van der Waals surface area contributed by atoms with Crippen LogP contribution in [0.4, 0.5) is 0 Å². The molecule has 0 unspecified atom stereocenters. The van der Waals surface area contributed by atoms with Crippen molar-refractivity contribution in [3.63, 3.8) is 0 Å². The zero-order chi connectivity index (χ0) is 15.2. The molecular weight excluding hydrogens is 282 g/mol. The van der Waals surface area contributed by atoms with Crippen molar-refractivity contribution in [2.45, 2.75) is 32.6 Å². The Balaban J connectivity index is 2.63. The van der Waals surface area contributed by atoms with E-state index in [0.717, 1.165) is 29.0 Å². The van der Waals surface area contributed by atoms with Gasteiger partial charge in [0.1, 0.15) is 5.75 Å². The third kappa shape index (κ3) is 3.32. The molecule has 1 heterocycles. The van der Waals surface area contributed by atoms with Crippen molar-refractivity contribution < 1.29 is 4.74 Å². The van der Waals surface area contributed by atoms with E-state index in [-0.39, 0.29) is 5.56 Å². The molecule has 2 rings (SSSR count). The second kappa shape index (κ2) is 7.36. The van der Waals surface area contributed by atoms with Gasteiger partial charge in [0, 0.05) is 23.4 Å². The average molecular weight is 303 g/mol. The fourth-order valence-electron chi connectivity index (χ4n) is 2.38. The van der Waals surface area contributed by atoms with Crippen LogP contribution in [0.15, 0.2) is 41.2 Å². The van der Waals surface area contributed by atoms with Crippen LogP contribution in [0.2, 0.25) is 0 Å².